The maximum Gasteiger partial charge on any atom is 0.345 e. The Kier molecular flexibility index (Phi) is 9.53. The number of Topliss-reactive ketones (excluding diaryl/α,β-unsaturated/α-hetero) is 1. The molecule has 1 aromatic rings. The van der Waals surface area contributed by atoms with E-state index < -0.39 is 30.7 Å². The number of para-hydroxylation sites is 1. The van der Waals surface area contributed by atoms with Crippen molar-refractivity contribution in [2.75, 3.05) is 20.3 Å². The highest BCUT2D eigenvalue weighted by atomic mass is 31.2. The van der Waals surface area contributed by atoms with Crippen LogP contribution in [0.25, 0.3) is 0 Å². The number of hydrogen-bond donors (Lipinski definition) is 0. The fraction of sp³-hybridized carbons (Fsp3) is 0.619. The number of carbonyl (C=O) groups is 2. The topological polar surface area (TPSA) is 88.1 Å². The zero-order chi connectivity index (χ0) is 22.2. The molecule has 0 aromatic heterocycles. The molecule has 2 unspecified atom stereocenters. The summed E-state index contributed by atoms with van der Waals surface area (Å²) in [4.78, 5) is 25.4. The van der Waals surface area contributed by atoms with Crippen molar-refractivity contribution in [1.82, 2.24) is 0 Å². The molecule has 0 heterocycles. The van der Waals surface area contributed by atoms with Gasteiger partial charge in [-0.05, 0) is 53.2 Å². The van der Waals surface area contributed by atoms with Crippen LogP contribution in [0.1, 0.15) is 59.4 Å². The molecule has 8 heteroatoms. The van der Waals surface area contributed by atoms with Gasteiger partial charge in [-0.15, -0.1) is 0 Å². The lowest BCUT2D eigenvalue weighted by Crippen LogP contribution is -2.37. The molecule has 0 aliphatic carbocycles. The van der Waals surface area contributed by atoms with Crippen LogP contribution in [0.3, 0.4) is 0 Å². The molecule has 0 spiro atoms. The van der Waals surface area contributed by atoms with Gasteiger partial charge in [-0.3, -0.25) is 9.36 Å². The molecule has 0 saturated heterocycles. The van der Waals surface area contributed by atoms with E-state index in [1.165, 1.54) is 14.0 Å². The van der Waals surface area contributed by atoms with E-state index in [1.807, 2.05) is 0 Å². The lowest BCUT2D eigenvalue weighted by Gasteiger charge is -2.33. The lowest BCUT2D eigenvalue weighted by molar-refractivity contribution is -0.155. The van der Waals surface area contributed by atoms with Crippen molar-refractivity contribution in [2.45, 2.75) is 65.1 Å². The van der Waals surface area contributed by atoms with Crippen LogP contribution >= 0.6 is 7.60 Å². The molecule has 2 atom stereocenters. The van der Waals surface area contributed by atoms with E-state index in [0.29, 0.717) is 11.3 Å². The van der Waals surface area contributed by atoms with Crippen LogP contribution in [0.4, 0.5) is 0 Å². The minimum Gasteiger partial charge on any atom is -0.496 e. The molecule has 0 radical (unpaired) electrons. The summed E-state index contributed by atoms with van der Waals surface area (Å²) in [5.74, 6) is -1.23. The van der Waals surface area contributed by atoms with Crippen LogP contribution in [0.5, 0.6) is 5.75 Å². The summed E-state index contributed by atoms with van der Waals surface area (Å²) in [7, 11) is -2.47. The molecule has 164 valence electrons. The SMILES string of the molecule is CCOP(=O)(OCC)C(C(=O)OC(C)(C)C)C(CC(C)=O)c1ccccc1OC. The van der Waals surface area contributed by atoms with Crippen LogP contribution in [0, 0.1) is 0 Å². The number of benzene rings is 1. The first-order valence-corrected chi connectivity index (χ1v) is 11.3. The van der Waals surface area contributed by atoms with E-state index in [-0.39, 0.29) is 25.4 Å². The smallest absolute Gasteiger partial charge is 0.345 e. The molecule has 0 aliphatic heterocycles. The molecular weight excluding hydrogens is 395 g/mol. The number of ketones is 1. The Labute approximate surface area is 173 Å². The third-order valence-corrected chi connectivity index (χ3v) is 6.52. The minimum atomic E-state index is -3.96. The number of ether oxygens (including phenoxy) is 2. The molecule has 0 fully saturated rings. The van der Waals surface area contributed by atoms with Gasteiger partial charge in [0.25, 0.3) is 0 Å². The summed E-state index contributed by atoms with van der Waals surface area (Å²) in [5, 5.41) is 0. The zero-order valence-electron chi connectivity index (χ0n) is 18.4. The van der Waals surface area contributed by atoms with Gasteiger partial charge >= 0.3 is 13.6 Å². The van der Waals surface area contributed by atoms with E-state index in [4.69, 9.17) is 18.5 Å². The summed E-state index contributed by atoms with van der Waals surface area (Å²) in [6.07, 6.45) is -0.0472. The molecular formula is C21H33O7P. The average molecular weight is 428 g/mol. The molecule has 1 rings (SSSR count). The van der Waals surface area contributed by atoms with Gasteiger partial charge in [0.1, 0.15) is 17.1 Å². The molecule has 1 aromatic carbocycles. The average Bonchev–Trinajstić information content (AvgIpc) is 2.59. The molecule has 29 heavy (non-hydrogen) atoms. The van der Waals surface area contributed by atoms with Crippen LogP contribution < -0.4 is 4.74 Å². The first-order valence-electron chi connectivity index (χ1n) is 9.73. The zero-order valence-corrected chi connectivity index (χ0v) is 19.3. The van der Waals surface area contributed by atoms with Gasteiger partial charge in [0.15, 0.2) is 5.66 Å². The molecule has 0 N–H and O–H groups in total. The van der Waals surface area contributed by atoms with Crippen molar-refractivity contribution in [2.24, 2.45) is 0 Å². The Balaban J connectivity index is 3.68. The van der Waals surface area contributed by atoms with E-state index in [9.17, 15) is 14.2 Å². The predicted octanol–water partition coefficient (Wildman–Crippen LogP) is 4.73. The highest BCUT2D eigenvalue weighted by Crippen LogP contribution is 2.59. The van der Waals surface area contributed by atoms with E-state index in [1.54, 1.807) is 58.9 Å². The summed E-state index contributed by atoms with van der Waals surface area (Å²) in [5.41, 5.74) is -1.57. The standard InChI is InChI=1S/C21H33O7P/c1-8-26-29(24,27-9-2)19(20(23)28-21(4,5)6)17(14-15(3)22)16-12-10-11-13-18(16)25-7/h10-13,17,19H,8-9,14H2,1-7H3. The number of hydrogen-bond acceptors (Lipinski definition) is 7. The predicted molar refractivity (Wildman–Crippen MR) is 112 cm³/mol. The molecule has 0 saturated carbocycles. The summed E-state index contributed by atoms with van der Waals surface area (Å²) in [6, 6.07) is 7.01. The first kappa shape index (κ1) is 25.3. The number of methoxy groups -OCH3 is 1. The Bertz CT molecular complexity index is 729. The van der Waals surface area contributed by atoms with Crippen molar-refractivity contribution >= 4 is 19.3 Å². The van der Waals surface area contributed by atoms with E-state index in [2.05, 4.69) is 0 Å². The van der Waals surface area contributed by atoms with Crippen molar-refractivity contribution in [3.8, 4) is 5.75 Å². The van der Waals surface area contributed by atoms with Gasteiger partial charge in [0.2, 0.25) is 0 Å². The first-order chi connectivity index (χ1) is 13.5. The normalized spacial score (nSPS) is 14.2. The van der Waals surface area contributed by atoms with Gasteiger partial charge in [-0.2, -0.15) is 0 Å². The van der Waals surface area contributed by atoms with Crippen molar-refractivity contribution < 1.29 is 32.7 Å². The van der Waals surface area contributed by atoms with Gasteiger partial charge in [-0.1, -0.05) is 18.2 Å². The Morgan fingerprint density at radius 2 is 1.62 bits per heavy atom. The van der Waals surface area contributed by atoms with Crippen molar-refractivity contribution in [3.05, 3.63) is 29.8 Å². The van der Waals surface area contributed by atoms with Crippen molar-refractivity contribution in [1.29, 1.82) is 0 Å². The van der Waals surface area contributed by atoms with Crippen LogP contribution in [0.15, 0.2) is 24.3 Å². The summed E-state index contributed by atoms with van der Waals surface area (Å²) >= 11 is 0. The second-order valence-corrected chi connectivity index (χ2v) is 9.76. The van der Waals surface area contributed by atoms with Gasteiger partial charge < -0.3 is 23.3 Å². The summed E-state index contributed by atoms with van der Waals surface area (Å²) in [6.45, 7) is 10.1. The highest BCUT2D eigenvalue weighted by molar-refractivity contribution is 7.55. The second-order valence-electron chi connectivity index (χ2n) is 7.61. The molecule has 0 aliphatic rings. The largest absolute Gasteiger partial charge is 0.496 e. The number of rotatable bonds is 11. The fourth-order valence-electron chi connectivity index (χ4n) is 3.11. The quantitative estimate of drug-likeness (QED) is 0.372. The van der Waals surface area contributed by atoms with Crippen molar-refractivity contribution in [3.63, 3.8) is 0 Å². The maximum absolute atomic E-state index is 13.7. The summed E-state index contributed by atoms with van der Waals surface area (Å²) < 4.78 is 35.8. The monoisotopic (exact) mass is 428 g/mol. The maximum atomic E-state index is 13.7. The van der Waals surface area contributed by atoms with Gasteiger partial charge in [-0.25, -0.2) is 0 Å². The Morgan fingerprint density at radius 1 is 1.07 bits per heavy atom. The molecule has 7 nitrogen and oxygen atoms in total. The third kappa shape index (κ3) is 7.25. The second kappa shape index (κ2) is 10.9. The highest BCUT2D eigenvalue weighted by Gasteiger charge is 2.49. The van der Waals surface area contributed by atoms with Gasteiger partial charge in [0, 0.05) is 12.3 Å². The van der Waals surface area contributed by atoms with E-state index >= 15 is 0 Å². The minimum absolute atomic E-state index is 0.0472. The van der Waals surface area contributed by atoms with Crippen LogP contribution in [-0.4, -0.2) is 43.3 Å². The van der Waals surface area contributed by atoms with Crippen LogP contribution in [0.2, 0.25) is 0 Å². The molecule has 0 amide bonds. The number of esters is 1. The van der Waals surface area contributed by atoms with Gasteiger partial charge in [0.05, 0.1) is 20.3 Å². The fourth-order valence-corrected chi connectivity index (χ4v) is 5.24. The number of carbonyl (C=O) groups excluding carboxylic acids is 2. The molecule has 0 bridgehead atoms. The lowest BCUT2D eigenvalue weighted by atomic mass is 9.89. The Morgan fingerprint density at radius 3 is 2.07 bits per heavy atom. The Hall–Kier alpha value is -1.69. The van der Waals surface area contributed by atoms with E-state index in [0.717, 1.165) is 0 Å². The van der Waals surface area contributed by atoms with Crippen LogP contribution in [-0.2, 0) is 27.9 Å². The third-order valence-electron chi connectivity index (χ3n) is 4.03.